The fourth-order valence-electron chi connectivity index (χ4n) is 2.38. The number of likely N-dealkylation sites (N-methyl/N-ethyl adjacent to an activating group) is 1. The van der Waals surface area contributed by atoms with Crippen LogP contribution in [0.25, 0.3) is 0 Å². The Balaban J connectivity index is 1.91. The molecule has 1 saturated heterocycles. The first kappa shape index (κ1) is 13.0. The van der Waals surface area contributed by atoms with Gasteiger partial charge in [0.25, 0.3) is 5.69 Å². The number of nitro benzene ring substituents is 1. The zero-order valence-electron chi connectivity index (χ0n) is 10.8. The van der Waals surface area contributed by atoms with Crippen LogP contribution in [0.2, 0.25) is 0 Å². The van der Waals surface area contributed by atoms with Gasteiger partial charge in [0.05, 0.1) is 4.92 Å². The highest BCUT2D eigenvalue weighted by Gasteiger charge is 2.25. The van der Waals surface area contributed by atoms with Crippen LogP contribution in [0.15, 0.2) is 24.3 Å². The van der Waals surface area contributed by atoms with Gasteiger partial charge in [-0.2, -0.15) is 0 Å². The molecule has 2 rings (SSSR count). The summed E-state index contributed by atoms with van der Waals surface area (Å²) >= 11 is 0. The lowest BCUT2D eigenvalue weighted by Crippen LogP contribution is -2.31. The molecule has 0 amide bonds. The van der Waals surface area contributed by atoms with Gasteiger partial charge in [-0.15, -0.1) is 0 Å². The van der Waals surface area contributed by atoms with E-state index in [1.54, 1.807) is 12.1 Å². The quantitative estimate of drug-likeness (QED) is 0.652. The molecule has 0 saturated carbocycles. The van der Waals surface area contributed by atoms with Crippen LogP contribution in [-0.4, -0.2) is 35.5 Å². The van der Waals surface area contributed by atoms with E-state index >= 15 is 0 Å². The lowest BCUT2D eigenvalue weighted by molar-refractivity contribution is -0.384. The predicted octanol–water partition coefficient (Wildman–Crippen LogP) is 1.78. The SMILES string of the molecule is CC1CC(NCc2cccc([N+](=O)[O-])c2)CN1C. The Labute approximate surface area is 107 Å². The summed E-state index contributed by atoms with van der Waals surface area (Å²) in [5.41, 5.74) is 1.12. The molecule has 1 aliphatic rings. The standard InChI is InChI=1S/C13H19N3O2/c1-10-6-12(9-15(10)2)14-8-11-4-3-5-13(7-11)16(17)18/h3-5,7,10,12,14H,6,8-9H2,1-2H3. The average molecular weight is 249 g/mol. The number of rotatable bonds is 4. The number of non-ortho nitro benzene ring substituents is 1. The van der Waals surface area contributed by atoms with Gasteiger partial charge in [-0.1, -0.05) is 12.1 Å². The summed E-state index contributed by atoms with van der Waals surface area (Å²) in [6.07, 6.45) is 1.13. The lowest BCUT2D eigenvalue weighted by Gasteiger charge is -2.13. The zero-order valence-corrected chi connectivity index (χ0v) is 10.8. The molecule has 0 bridgehead atoms. The number of likely N-dealkylation sites (tertiary alicyclic amines) is 1. The van der Waals surface area contributed by atoms with Crippen LogP contribution in [-0.2, 0) is 6.54 Å². The molecule has 0 radical (unpaired) electrons. The summed E-state index contributed by atoms with van der Waals surface area (Å²) in [5.74, 6) is 0. The molecule has 1 fully saturated rings. The van der Waals surface area contributed by atoms with Crippen LogP contribution in [0.3, 0.4) is 0 Å². The van der Waals surface area contributed by atoms with E-state index in [0.717, 1.165) is 18.5 Å². The van der Waals surface area contributed by atoms with Gasteiger partial charge in [0.2, 0.25) is 0 Å². The van der Waals surface area contributed by atoms with Crippen molar-refractivity contribution in [3.05, 3.63) is 39.9 Å². The number of hydrogen-bond donors (Lipinski definition) is 1. The summed E-state index contributed by atoms with van der Waals surface area (Å²) in [4.78, 5) is 12.7. The van der Waals surface area contributed by atoms with Gasteiger partial charge in [0, 0.05) is 37.3 Å². The Morgan fingerprint density at radius 2 is 2.33 bits per heavy atom. The highest BCUT2D eigenvalue weighted by atomic mass is 16.6. The van der Waals surface area contributed by atoms with Crippen molar-refractivity contribution in [1.29, 1.82) is 0 Å². The Morgan fingerprint density at radius 3 is 2.94 bits per heavy atom. The highest BCUT2D eigenvalue weighted by Crippen LogP contribution is 2.16. The molecule has 5 nitrogen and oxygen atoms in total. The van der Waals surface area contributed by atoms with Crippen LogP contribution in [0.1, 0.15) is 18.9 Å². The van der Waals surface area contributed by atoms with Gasteiger partial charge >= 0.3 is 0 Å². The van der Waals surface area contributed by atoms with E-state index in [9.17, 15) is 10.1 Å². The zero-order chi connectivity index (χ0) is 13.1. The van der Waals surface area contributed by atoms with Crippen LogP contribution in [0.4, 0.5) is 5.69 Å². The normalized spacial score (nSPS) is 24.3. The Hall–Kier alpha value is -1.46. The van der Waals surface area contributed by atoms with Crippen molar-refractivity contribution in [2.24, 2.45) is 0 Å². The maximum atomic E-state index is 10.7. The van der Waals surface area contributed by atoms with E-state index in [2.05, 4.69) is 24.2 Å². The van der Waals surface area contributed by atoms with E-state index in [-0.39, 0.29) is 10.6 Å². The van der Waals surface area contributed by atoms with Gasteiger partial charge in [-0.3, -0.25) is 10.1 Å². The van der Waals surface area contributed by atoms with E-state index in [4.69, 9.17) is 0 Å². The Kier molecular flexibility index (Phi) is 3.93. The molecule has 18 heavy (non-hydrogen) atoms. The first-order chi connectivity index (χ1) is 8.56. The fraction of sp³-hybridized carbons (Fsp3) is 0.538. The molecule has 2 unspecified atom stereocenters. The third-order valence-electron chi connectivity index (χ3n) is 3.60. The first-order valence-corrected chi connectivity index (χ1v) is 6.23. The smallest absolute Gasteiger partial charge is 0.269 e. The summed E-state index contributed by atoms with van der Waals surface area (Å²) in [6, 6.07) is 7.89. The van der Waals surface area contributed by atoms with Crippen LogP contribution < -0.4 is 5.32 Å². The number of hydrogen-bond acceptors (Lipinski definition) is 4. The lowest BCUT2D eigenvalue weighted by atomic mass is 10.1. The molecule has 1 aromatic rings. The number of nitrogens with zero attached hydrogens (tertiary/aromatic N) is 2. The molecule has 98 valence electrons. The fourth-order valence-corrected chi connectivity index (χ4v) is 2.38. The first-order valence-electron chi connectivity index (χ1n) is 6.23. The second-order valence-electron chi connectivity index (χ2n) is 5.03. The summed E-state index contributed by atoms with van der Waals surface area (Å²) in [7, 11) is 2.12. The number of nitro groups is 1. The largest absolute Gasteiger partial charge is 0.309 e. The maximum absolute atomic E-state index is 10.7. The summed E-state index contributed by atoms with van der Waals surface area (Å²) < 4.78 is 0. The Morgan fingerprint density at radius 1 is 1.56 bits per heavy atom. The van der Waals surface area contributed by atoms with Crippen LogP contribution >= 0.6 is 0 Å². The topological polar surface area (TPSA) is 58.4 Å². The second kappa shape index (κ2) is 5.46. The van der Waals surface area contributed by atoms with Crippen molar-refractivity contribution in [3.8, 4) is 0 Å². The van der Waals surface area contributed by atoms with E-state index in [0.29, 0.717) is 18.6 Å². The molecule has 0 aliphatic carbocycles. The molecular formula is C13H19N3O2. The molecule has 2 atom stereocenters. The second-order valence-corrected chi connectivity index (χ2v) is 5.03. The monoisotopic (exact) mass is 249 g/mol. The van der Waals surface area contributed by atoms with Gasteiger partial charge in [0.15, 0.2) is 0 Å². The third-order valence-corrected chi connectivity index (χ3v) is 3.60. The van der Waals surface area contributed by atoms with Crippen LogP contribution in [0, 0.1) is 10.1 Å². The van der Waals surface area contributed by atoms with E-state index in [1.807, 2.05) is 6.07 Å². The molecule has 1 aromatic carbocycles. The van der Waals surface area contributed by atoms with Gasteiger partial charge in [-0.25, -0.2) is 0 Å². The van der Waals surface area contributed by atoms with Gasteiger partial charge in [-0.05, 0) is 26.0 Å². The molecule has 1 aliphatic heterocycles. The minimum absolute atomic E-state index is 0.159. The molecule has 0 spiro atoms. The van der Waals surface area contributed by atoms with Crippen molar-refractivity contribution in [3.63, 3.8) is 0 Å². The summed E-state index contributed by atoms with van der Waals surface area (Å²) in [5, 5.41) is 14.1. The average Bonchev–Trinajstić information content (AvgIpc) is 2.67. The molecule has 1 N–H and O–H groups in total. The maximum Gasteiger partial charge on any atom is 0.269 e. The molecule has 5 heteroatoms. The number of nitrogens with one attached hydrogen (secondary N) is 1. The minimum Gasteiger partial charge on any atom is -0.309 e. The van der Waals surface area contributed by atoms with E-state index in [1.165, 1.54) is 6.07 Å². The number of benzene rings is 1. The third kappa shape index (κ3) is 3.05. The highest BCUT2D eigenvalue weighted by molar-refractivity contribution is 5.34. The van der Waals surface area contributed by atoms with Crippen molar-refractivity contribution < 1.29 is 4.92 Å². The van der Waals surface area contributed by atoms with Gasteiger partial charge < -0.3 is 10.2 Å². The summed E-state index contributed by atoms with van der Waals surface area (Å²) in [6.45, 7) is 3.94. The van der Waals surface area contributed by atoms with Crippen molar-refractivity contribution in [2.45, 2.75) is 32.0 Å². The Bertz CT molecular complexity index is 426. The predicted molar refractivity (Wildman–Crippen MR) is 70.4 cm³/mol. The van der Waals surface area contributed by atoms with Gasteiger partial charge in [0.1, 0.15) is 0 Å². The molecule has 0 aromatic heterocycles. The van der Waals surface area contributed by atoms with E-state index < -0.39 is 0 Å². The van der Waals surface area contributed by atoms with Crippen molar-refractivity contribution in [2.75, 3.05) is 13.6 Å². The van der Waals surface area contributed by atoms with Crippen molar-refractivity contribution in [1.82, 2.24) is 10.2 Å². The molecule has 1 heterocycles. The van der Waals surface area contributed by atoms with Crippen LogP contribution in [0.5, 0.6) is 0 Å². The minimum atomic E-state index is -0.352. The van der Waals surface area contributed by atoms with Crippen molar-refractivity contribution >= 4 is 5.69 Å². The molecular weight excluding hydrogens is 230 g/mol.